The highest BCUT2D eigenvalue weighted by Gasteiger charge is 2.17. The average Bonchev–Trinajstić information content (AvgIpc) is 2.39. The quantitative estimate of drug-likeness (QED) is 0.867. The highest BCUT2D eigenvalue weighted by Crippen LogP contribution is 2.22. The minimum atomic E-state index is -0.827. The van der Waals surface area contributed by atoms with E-state index < -0.39 is 23.0 Å². The van der Waals surface area contributed by atoms with Crippen LogP contribution in [-0.4, -0.2) is 11.0 Å². The molecule has 0 atom stereocenters. The van der Waals surface area contributed by atoms with Crippen LogP contribution in [0.5, 0.6) is 5.75 Å². The van der Waals surface area contributed by atoms with Crippen LogP contribution in [0.15, 0.2) is 42.5 Å². The molecule has 0 unspecified atom stereocenters. The monoisotopic (exact) mass is 256 g/mol. The summed E-state index contributed by atoms with van der Waals surface area (Å²) in [6.45, 7) is 0. The molecule has 1 amide bonds. The van der Waals surface area contributed by atoms with Gasteiger partial charge in [0.05, 0.1) is 11.3 Å². The predicted molar refractivity (Wildman–Crippen MR) is 67.2 cm³/mol. The number of phenolic OH excluding ortho intramolecular Hbond substituents is 1. The van der Waals surface area contributed by atoms with Crippen molar-refractivity contribution in [3.63, 3.8) is 0 Å². The van der Waals surface area contributed by atoms with E-state index in [0.29, 0.717) is 0 Å². The lowest BCUT2D eigenvalue weighted by atomic mass is 10.1. The molecule has 5 heteroatoms. The van der Waals surface area contributed by atoms with E-state index >= 15 is 0 Å². The molecule has 0 bridgehead atoms. The van der Waals surface area contributed by atoms with Crippen LogP contribution in [0.25, 0.3) is 0 Å². The van der Waals surface area contributed by atoms with Crippen LogP contribution in [0.2, 0.25) is 0 Å². The zero-order valence-electron chi connectivity index (χ0n) is 9.72. The molecule has 2 N–H and O–H groups in total. The maximum atomic E-state index is 13.5. The highest BCUT2D eigenvalue weighted by molar-refractivity contribution is 6.06. The second-order valence-corrected chi connectivity index (χ2v) is 3.75. The van der Waals surface area contributed by atoms with Gasteiger partial charge in [-0.1, -0.05) is 18.2 Å². The molecule has 2 aromatic carbocycles. The predicted octanol–water partition coefficient (Wildman–Crippen LogP) is 2.66. The largest absolute Gasteiger partial charge is 0.507 e. The second-order valence-electron chi connectivity index (χ2n) is 3.75. The minimum absolute atomic E-state index is 0.256. The van der Waals surface area contributed by atoms with Crippen molar-refractivity contribution in [1.29, 1.82) is 5.26 Å². The van der Waals surface area contributed by atoms with E-state index in [2.05, 4.69) is 5.32 Å². The fourth-order valence-corrected chi connectivity index (χ4v) is 1.61. The molecule has 0 fully saturated rings. The smallest absolute Gasteiger partial charge is 0.262 e. The summed E-state index contributed by atoms with van der Waals surface area (Å²) >= 11 is 0. The Morgan fingerprint density at radius 3 is 2.63 bits per heavy atom. The van der Waals surface area contributed by atoms with Gasteiger partial charge in [-0.25, -0.2) is 4.39 Å². The molecule has 0 aliphatic carbocycles. The van der Waals surface area contributed by atoms with Crippen molar-refractivity contribution < 1.29 is 14.3 Å². The summed E-state index contributed by atoms with van der Waals surface area (Å²) in [5.41, 5.74) is 0.0691. The van der Waals surface area contributed by atoms with Gasteiger partial charge in [-0.15, -0.1) is 0 Å². The Hall–Kier alpha value is -2.87. The van der Waals surface area contributed by atoms with Crippen LogP contribution in [0, 0.1) is 17.1 Å². The van der Waals surface area contributed by atoms with Gasteiger partial charge < -0.3 is 10.4 Å². The molecule has 2 rings (SSSR count). The molecule has 0 aliphatic rings. The fraction of sp³-hybridized carbons (Fsp3) is 0. The van der Waals surface area contributed by atoms with Gasteiger partial charge in [0.25, 0.3) is 5.91 Å². The number of hydrogen-bond acceptors (Lipinski definition) is 3. The van der Waals surface area contributed by atoms with Crippen molar-refractivity contribution in [2.24, 2.45) is 0 Å². The topological polar surface area (TPSA) is 73.1 Å². The van der Waals surface area contributed by atoms with Gasteiger partial charge in [0.15, 0.2) is 0 Å². The van der Waals surface area contributed by atoms with E-state index in [4.69, 9.17) is 5.26 Å². The third-order valence-electron chi connectivity index (χ3n) is 2.51. The maximum absolute atomic E-state index is 13.5. The SMILES string of the molecule is N#Cc1ccccc1NC(=O)c1c(O)cccc1F. The van der Waals surface area contributed by atoms with Crippen molar-refractivity contribution in [3.05, 3.63) is 59.4 Å². The normalized spacial score (nSPS) is 9.68. The number of anilines is 1. The number of rotatable bonds is 2. The minimum Gasteiger partial charge on any atom is -0.507 e. The summed E-state index contributed by atoms with van der Waals surface area (Å²) in [5, 5.41) is 20.8. The number of amides is 1. The first-order chi connectivity index (χ1) is 9.13. The molecule has 0 spiro atoms. The number of carbonyl (C=O) groups is 1. The van der Waals surface area contributed by atoms with Gasteiger partial charge in [-0.05, 0) is 24.3 Å². The van der Waals surface area contributed by atoms with Crippen LogP contribution in [0.3, 0.4) is 0 Å². The van der Waals surface area contributed by atoms with Crippen molar-refractivity contribution in [2.45, 2.75) is 0 Å². The number of phenols is 1. The Morgan fingerprint density at radius 2 is 1.95 bits per heavy atom. The van der Waals surface area contributed by atoms with Gasteiger partial charge in [0.2, 0.25) is 0 Å². The summed E-state index contributed by atoms with van der Waals surface area (Å²) in [7, 11) is 0. The summed E-state index contributed by atoms with van der Waals surface area (Å²) in [5.74, 6) is -2.09. The van der Waals surface area contributed by atoms with Crippen molar-refractivity contribution in [1.82, 2.24) is 0 Å². The van der Waals surface area contributed by atoms with Crippen LogP contribution >= 0.6 is 0 Å². The zero-order chi connectivity index (χ0) is 13.8. The number of para-hydroxylation sites is 1. The lowest BCUT2D eigenvalue weighted by Crippen LogP contribution is -2.14. The Kier molecular flexibility index (Phi) is 3.44. The Labute approximate surface area is 108 Å². The van der Waals surface area contributed by atoms with Crippen LogP contribution in [-0.2, 0) is 0 Å². The van der Waals surface area contributed by atoms with Gasteiger partial charge in [0.1, 0.15) is 23.2 Å². The Bertz CT molecular complexity index is 657. The van der Waals surface area contributed by atoms with Crippen LogP contribution in [0.4, 0.5) is 10.1 Å². The Balaban J connectivity index is 2.35. The number of benzene rings is 2. The van der Waals surface area contributed by atoms with E-state index in [1.165, 1.54) is 24.3 Å². The first kappa shape index (κ1) is 12.6. The maximum Gasteiger partial charge on any atom is 0.262 e. The van der Waals surface area contributed by atoms with Gasteiger partial charge in [-0.3, -0.25) is 4.79 Å². The molecular formula is C14H9FN2O2. The number of hydrogen-bond donors (Lipinski definition) is 2. The van der Waals surface area contributed by atoms with Gasteiger partial charge in [-0.2, -0.15) is 5.26 Å². The van der Waals surface area contributed by atoms with E-state index in [1.54, 1.807) is 12.1 Å². The number of nitrogens with zero attached hydrogens (tertiary/aromatic N) is 1. The first-order valence-electron chi connectivity index (χ1n) is 5.41. The summed E-state index contributed by atoms with van der Waals surface area (Å²) in [4.78, 5) is 11.9. The molecule has 4 nitrogen and oxygen atoms in total. The molecule has 94 valence electrons. The van der Waals surface area contributed by atoms with Crippen LogP contribution < -0.4 is 5.32 Å². The van der Waals surface area contributed by atoms with Gasteiger partial charge in [0, 0.05) is 0 Å². The molecule has 19 heavy (non-hydrogen) atoms. The lowest BCUT2D eigenvalue weighted by molar-refractivity contribution is 0.102. The van der Waals surface area contributed by atoms with E-state index in [-0.39, 0.29) is 11.3 Å². The summed E-state index contributed by atoms with van der Waals surface area (Å²) in [6.07, 6.45) is 0. The second kappa shape index (κ2) is 5.19. The molecule has 0 heterocycles. The number of carbonyl (C=O) groups excluding carboxylic acids is 1. The highest BCUT2D eigenvalue weighted by atomic mass is 19.1. The summed E-state index contributed by atoms with van der Waals surface area (Å²) < 4.78 is 13.5. The van der Waals surface area contributed by atoms with Crippen molar-refractivity contribution >= 4 is 11.6 Å². The number of aromatic hydroxyl groups is 1. The number of halogens is 1. The summed E-state index contributed by atoms with van der Waals surface area (Å²) in [6, 6.07) is 11.8. The van der Waals surface area contributed by atoms with Gasteiger partial charge >= 0.3 is 0 Å². The van der Waals surface area contributed by atoms with Crippen molar-refractivity contribution in [3.8, 4) is 11.8 Å². The number of nitrogens with one attached hydrogen (secondary N) is 1. The molecule has 0 aliphatic heterocycles. The average molecular weight is 256 g/mol. The van der Waals surface area contributed by atoms with E-state index in [9.17, 15) is 14.3 Å². The molecule has 2 aromatic rings. The third-order valence-corrected chi connectivity index (χ3v) is 2.51. The molecule has 0 aromatic heterocycles. The molecule has 0 saturated heterocycles. The third kappa shape index (κ3) is 2.53. The van der Waals surface area contributed by atoms with Crippen LogP contribution in [0.1, 0.15) is 15.9 Å². The molecule has 0 saturated carbocycles. The zero-order valence-corrected chi connectivity index (χ0v) is 9.72. The standard InChI is InChI=1S/C14H9FN2O2/c15-10-5-3-7-12(18)13(10)14(19)17-11-6-2-1-4-9(11)8-16/h1-7,18H,(H,17,19). The molecular weight excluding hydrogens is 247 g/mol. The Morgan fingerprint density at radius 1 is 1.21 bits per heavy atom. The molecule has 0 radical (unpaired) electrons. The fourth-order valence-electron chi connectivity index (χ4n) is 1.61. The number of nitriles is 1. The van der Waals surface area contributed by atoms with E-state index in [1.807, 2.05) is 6.07 Å². The van der Waals surface area contributed by atoms with E-state index in [0.717, 1.165) is 6.07 Å². The van der Waals surface area contributed by atoms with Crippen molar-refractivity contribution in [2.75, 3.05) is 5.32 Å². The first-order valence-corrected chi connectivity index (χ1v) is 5.41. The lowest BCUT2D eigenvalue weighted by Gasteiger charge is -2.08.